The molecule has 0 radical (unpaired) electrons. The van der Waals surface area contributed by atoms with Crippen molar-refractivity contribution in [3.63, 3.8) is 0 Å². The van der Waals surface area contributed by atoms with Gasteiger partial charge in [0.25, 0.3) is 0 Å². The lowest BCUT2D eigenvalue weighted by Crippen LogP contribution is -2.26. The van der Waals surface area contributed by atoms with Gasteiger partial charge >= 0.3 is 0 Å². The molecular formula is C15H22FN3. The van der Waals surface area contributed by atoms with E-state index in [1.807, 2.05) is 0 Å². The van der Waals surface area contributed by atoms with Crippen molar-refractivity contribution in [3.05, 3.63) is 29.8 Å². The van der Waals surface area contributed by atoms with Gasteiger partial charge in [-0.3, -0.25) is 0 Å². The number of hydrogen-bond donors (Lipinski definition) is 1. The van der Waals surface area contributed by atoms with Crippen LogP contribution in [0.4, 0.5) is 4.39 Å². The molecule has 3 nitrogen and oxygen atoms in total. The summed E-state index contributed by atoms with van der Waals surface area (Å²) in [6.07, 6.45) is 1.08. The Morgan fingerprint density at radius 1 is 1.32 bits per heavy atom. The van der Waals surface area contributed by atoms with Crippen molar-refractivity contribution in [1.29, 1.82) is 0 Å². The van der Waals surface area contributed by atoms with E-state index in [0.29, 0.717) is 12.6 Å². The van der Waals surface area contributed by atoms with Crippen molar-refractivity contribution in [2.75, 3.05) is 0 Å². The highest BCUT2D eigenvalue weighted by Crippen LogP contribution is 2.22. The Morgan fingerprint density at radius 2 is 2.05 bits per heavy atom. The van der Waals surface area contributed by atoms with Gasteiger partial charge in [-0.15, -0.1) is 0 Å². The van der Waals surface area contributed by atoms with Crippen LogP contribution < -0.4 is 5.32 Å². The zero-order chi connectivity index (χ0) is 14.0. The van der Waals surface area contributed by atoms with Gasteiger partial charge in [-0.25, -0.2) is 9.37 Å². The molecule has 1 aromatic carbocycles. The Kier molecular flexibility index (Phi) is 4.20. The molecular weight excluding hydrogens is 241 g/mol. The number of rotatable bonds is 5. The van der Waals surface area contributed by atoms with E-state index in [0.717, 1.165) is 23.3 Å². The van der Waals surface area contributed by atoms with Crippen molar-refractivity contribution in [2.45, 2.75) is 52.7 Å². The molecule has 1 unspecified atom stereocenters. The lowest BCUT2D eigenvalue weighted by Gasteiger charge is -2.15. The van der Waals surface area contributed by atoms with Crippen molar-refractivity contribution < 1.29 is 4.39 Å². The van der Waals surface area contributed by atoms with Gasteiger partial charge in [-0.05, 0) is 45.4 Å². The molecule has 0 saturated heterocycles. The zero-order valence-corrected chi connectivity index (χ0v) is 12.1. The third kappa shape index (κ3) is 2.95. The topological polar surface area (TPSA) is 29.9 Å². The van der Waals surface area contributed by atoms with Crippen LogP contribution in [0.2, 0.25) is 0 Å². The Labute approximate surface area is 113 Å². The highest BCUT2D eigenvalue weighted by molar-refractivity contribution is 5.76. The summed E-state index contributed by atoms with van der Waals surface area (Å²) >= 11 is 0. The van der Waals surface area contributed by atoms with Gasteiger partial charge in [0.05, 0.1) is 17.6 Å². The summed E-state index contributed by atoms with van der Waals surface area (Å²) in [6, 6.07) is 5.50. The first-order valence-electron chi connectivity index (χ1n) is 6.92. The third-order valence-corrected chi connectivity index (χ3v) is 3.46. The fraction of sp³-hybridized carbons (Fsp3) is 0.533. The average Bonchev–Trinajstić information content (AvgIpc) is 2.73. The van der Waals surface area contributed by atoms with Crippen molar-refractivity contribution >= 4 is 11.0 Å². The molecule has 0 aliphatic rings. The molecule has 1 aromatic heterocycles. The second-order valence-electron chi connectivity index (χ2n) is 5.32. The Balaban J connectivity index is 2.39. The molecule has 1 heterocycles. The lowest BCUT2D eigenvalue weighted by molar-refractivity contribution is 0.495. The number of imidazole rings is 1. The summed E-state index contributed by atoms with van der Waals surface area (Å²) in [5, 5.41) is 3.44. The van der Waals surface area contributed by atoms with Crippen LogP contribution in [0.5, 0.6) is 0 Å². The van der Waals surface area contributed by atoms with Gasteiger partial charge in [0.1, 0.15) is 11.6 Å². The molecule has 104 valence electrons. The predicted molar refractivity (Wildman–Crippen MR) is 76.7 cm³/mol. The first kappa shape index (κ1) is 14.0. The summed E-state index contributed by atoms with van der Waals surface area (Å²) in [6.45, 7) is 9.21. The highest BCUT2D eigenvalue weighted by atomic mass is 19.1. The molecule has 2 aromatic rings. The predicted octanol–water partition coefficient (Wildman–Crippen LogP) is 3.64. The maximum atomic E-state index is 13.4. The van der Waals surface area contributed by atoms with E-state index >= 15 is 0 Å². The molecule has 0 aliphatic heterocycles. The summed E-state index contributed by atoms with van der Waals surface area (Å²) < 4.78 is 15.5. The van der Waals surface area contributed by atoms with E-state index in [2.05, 4.69) is 42.6 Å². The summed E-state index contributed by atoms with van der Waals surface area (Å²) in [5.74, 6) is 0.756. The van der Waals surface area contributed by atoms with Crippen LogP contribution in [-0.2, 0) is 6.54 Å². The van der Waals surface area contributed by atoms with Crippen LogP contribution in [0.15, 0.2) is 18.2 Å². The number of nitrogens with one attached hydrogen (secondary N) is 1. The van der Waals surface area contributed by atoms with E-state index < -0.39 is 0 Å². The minimum Gasteiger partial charge on any atom is -0.324 e. The van der Waals surface area contributed by atoms with E-state index in [4.69, 9.17) is 0 Å². The molecule has 0 saturated carbocycles. The van der Waals surface area contributed by atoms with Crippen molar-refractivity contribution in [3.8, 4) is 0 Å². The number of aromatic nitrogens is 2. The normalized spacial score (nSPS) is 13.4. The van der Waals surface area contributed by atoms with Crippen LogP contribution >= 0.6 is 0 Å². The van der Waals surface area contributed by atoms with Gasteiger partial charge < -0.3 is 9.88 Å². The standard InChI is InChI=1S/C15H22FN3/c1-5-11(4)17-9-15-18-13-7-6-12(16)8-14(13)19(15)10(2)3/h6-8,10-11,17H,5,9H2,1-4H3. The van der Waals surface area contributed by atoms with Gasteiger partial charge in [0.15, 0.2) is 0 Å². The Hall–Kier alpha value is -1.42. The molecule has 0 aliphatic carbocycles. The third-order valence-electron chi connectivity index (χ3n) is 3.46. The molecule has 0 fully saturated rings. The minimum absolute atomic E-state index is 0.212. The van der Waals surface area contributed by atoms with Crippen LogP contribution in [0.1, 0.15) is 46.0 Å². The summed E-state index contributed by atoms with van der Waals surface area (Å²) in [5.41, 5.74) is 1.73. The Morgan fingerprint density at radius 3 is 2.68 bits per heavy atom. The first-order valence-corrected chi connectivity index (χ1v) is 6.92. The van der Waals surface area contributed by atoms with Gasteiger partial charge in [0.2, 0.25) is 0 Å². The van der Waals surface area contributed by atoms with Crippen LogP contribution in [-0.4, -0.2) is 15.6 Å². The SMILES string of the molecule is CCC(C)NCc1nc2ccc(F)cc2n1C(C)C. The molecule has 0 bridgehead atoms. The van der Waals surface area contributed by atoms with Crippen LogP contribution in [0.25, 0.3) is 11.0 Å². The van der Waals surface area contributed by atoms with Crippen LogP contribution in [0.3, 0.4) is 0 Å². The monoisotopic (exact) mass is 263 g/mol. The minimum atomic E-state index is -0.212. The lowest BCUT2D eigenvalue weighted by atomic mass is 10.2. The summed E-state index contributed by atoms with van der Waals surface area (Å²) in [7, 11) is 0. The quantitative estimate of drug-likeness (QED) is 0.892. The maximum Gasteiger partial charge on any atom is 0.125 e. The van der Waals surface area contributed by atoms with E-state index in [9.17, 15) is 4.39 Å². The molecule has 1 N–H and O–H groups in total. The second kappa shape index (κ2) is 5.70. The fourth-order valence-electron chi connectivity index (χ4n) is 2.23. The number of halogens is 1. The smallest absolute Gasteiger partial charge is 0.125 e. The van der Waals surface area contributed by atoms with Crippen molar-refractivity contribution in [2.24, 2.45) is 0 Å². The molecule has 4 heteroatoms. The van der Waals surface area contributed by atoms with Gasteiger partial charge in [-0.2, -0.15) is 0 Å². The Bertz CT molecular complexity index is 560. The fourth-order valence-corrected chi connectivity index (χ4v) is 2.23. The summed E-state index contributed by atoms with van der Waals surface area (Å²) in [4.78, 5) is 4.62. The van der Waals surface area contributed by atoms with Crippen molar-refractivity contribution in [1.82, 2.24) is 14.9 Å². The number of nitrogens with zero attached hydrogens (tertiary/aromatic N) is 2. The molecule has 0 spiro atoms. The second-order valence-corrected chi connectivity index (χ2v) is 5.32. The van der Waals surface area contributed by atoms with E-state index in [1.165, 1.54) is 6.07 Å². The van der Waals surface area contributed by atoms with Gasteiger partial charge in [-0.1, -0.05) is 6.92 Å². The average molecular weight is 263 g/mol. The molecule has 2 rings (SSSR count). The zero-order valence-electron chi connectivity index (χ0n) is 12.1. The van der Waals surface area contributed by atoms with E-state index in [1.54, 1.807) is 12.1 Å². The first-order chi connectivity index (χ1) is 9.02. The largest absolute Gasteiger partial charge is 0.324 e. The van der Waals surface area contributed by atoms with Crippen LogP contribution in [0, 0.1) is 5.82 Å². The maximum absolute atomic E-state index is 13.4. The number of benzene rings is 1. The molecule has 19 heavy (non-hydrogen) atoms. The van der Waals surface area contributed by atoms with E-state index in [-0.39, 0.29) is 11.9 Å². The van der Waals surface area contributed by atoms with Gasteiger partial charge in [0, 0.05) is 12.1 Å². The number of fused-ring (bicyclic) bond motifs is 1. The number of hydrogen-bond acceptors (Lipinski definition) is 2. The molecule has 1 atom stereocenters. The highest BCUT2D eigenvalue weighted by Gasteiger charge is 2.14. The molecule has 0 amide bonds.